The van der Waals surface area contributed by atoms with Crippen LogP contribution in [-0.4, -0.2) is 24.7 Å². The maximum atomic E-state index is 11.7. The minimum absolute atomic E-state index is 0.0300. The molecule has 0 radical (unpaired) electrons. The Balaban J connectivity index is 2.59. The first-order valence-corrected chi connectivity index (χ1v) is 6.13. The van der Waals surface area contributed by atoms with Gasteiger partial charge in [0.05, 0.1) is 12.1 Å². The highest BCUT2D eigenvalue weighted by atomic mass is 16.5. The van der Waals surface area contributed by atoms with E-state index in [2.05, 4.69) is 17.2 Å². The van der Waals surface area contributed by atoms with Crippen LogP contribution >= 0.6 is 0 Å². The average Bonchev–Trinajstić information content (AvgIpc) is 2.33. The number of benzene rings is 1. The lowest BCUT2D eigenvalue weighted by atomic mass is 10.2. The lowest BCUT2D eigenvalue weighted by molar-refractivity contribution is -0.125. The topological polar surface area (TPSA) is 64.3 Å². The van der Waals surface area contributed by atoms with Gasteiger partial charge in [0.25, 0.3) is 0 Å². The van der Waals surface area contributed by atoms with Crippen LogP contribution in [0.15, 0.2) is 24.3 Å². The SMILES string of the molecule is CC(C)(C)OCC(=O)Nc1cccc(C#CCN)c1. The van der Waals surface area contributed by atoms with E-state index < -0.39 is 0 Å². The number of nitrogens with two attached hydrogens (primary N) is 1. The number of rotatable bonds is 3. The largest absolute Gasteiger partial charge is 0.366 e. The monoisotopic (exact) mass is 260 g/mol. The summed E-state index contributed by atoms with van der Waals surface area (Å²) in [4.78, 5) is 11.7. The third-order valence-corrected chi connectivity index (χ3v) is 2.12. The second kappa shape index (κ2) is 6.93. The van der Waals surface area contributed by atoms with E-state index in [-0.39, 0.29) is 18.1 Å². The second-order valence-electron chi connectivity index (χ2n) is 5.04. The van der Waals surface area contributed by atoms with Crippen molar-refractivity contribution in [2.45, 2.75) is 26.4 Å². The fourth-order valence-electron chi connectivity index (χ4n) is 1.31. The minimum Gasteiger partial charge on any atom is -0.366 e. The van der Waals surface area contributed by atoms with Crippen molar-refractivity contribution in [2.24, 2.45) is 5.73 Å². The lowest BCUT2D eigenvalue weighted by Crippen LogP contribution is -2.27. The molecule has 0 fully saturated rings. The number of anilines is 1. The van der Waals surface area contributed by atoms with Gasteiger partial charge in [0, 0.05) is 11.3 Å². The van der Waals surface area contributed by atoms with Crippen LogP contribution in [0.3, 0.4) is 0 Å². The molecule has 19 heavy (non-hydrogen) atoms. The normalized spacial score (nSPS) is 10.5. The van der Waals surface area contributed by atoms with Crippen LogP contribution in [0.1, 0.15) is 26.3 Å². The molecule has 4 heteroatoms. The van der Waals surface area contributed by atoms with Crippen LogP contribution in [0, 0.1) is 11.8 Å². The van der Waals surface area contributed by atoms with Gasteiger partial charge in [-0.2, -0.15) is 0 Å². The van der Waals surface area contributed by atoms with Crippen LogP contribution < -0.4 is 11.1 Å². The number of hydrogen-bond donors (Lipinski definition) is 2. The quantitative estimate of drug-likeness (QED) is 0.814. The minimum atomic E-state index is -0.328. The van der Waals surface area contributed by atoms with Crippen molar-refractivity contribution >= 4 is 11.6 Å². The van der Waals surface area contributed by atoms with Crippen LogP contribution in [0.25, 0.3) is 0 Å². The standard InChI is InChI=1S/C15H20N2O2/c1-15(2,3)19-11-14(18)17-13-8-4-6-12(10-13)7-5-9-16/h4,6,8,10H,9,11,16H2,1-3H3,(H,17,18). The predicted molar refractivity (Wildman–Crippen MR) is 76.7 cm³/mol. The molecule has 3 N–H and O–H groups in total. The average molecular weight is 260 g/mol. The Labute approximate surface area is 114 Å². The van der Waals surface area contributed by atoms with Crippen molar-refractivity contribution in [1.82, 2.24) is 0 Å². The molecule has 0 atom stereocenters. The molecular formula is C15H20N2O2. The summed E-state index contributed by atoms with van der Waals surface area (Å²) in [7, 11) is 0. The van der Waals surface area contributed by atoms with E-state index in [0.29, 0.717) is 12.2 Å². The molecule has 1 rings (SSSR count). The summed E-state index contributed by atoms with van der Waals surface area (Å²) < 4.78 is 5.40. The molecule has 0 aliphatic carbocycles. The van der Waals surface area contributed by atoms with Crippen LogP contribution in [0.4, 0.5) is 5.69 Å². The van der Waals surface area contributed by atoms with Crippen molar-refractivity contribution in [3.05, 3.63) is 29.8 Å². The number of hydrogen-bond acceptors (Lipinski definition) is 3. The van der Waals surface area contributed by atoms with Crippen LogP contribution in [-0.2, 0) is 9.53 Å². The van der Waals surface area contributed by atoms with Gasteiger partial charge < -0.3 is 15.8 Å². The first-order valence-electron chi connectivity index (χ1n) is 6.13. The Kier molecular flexibility index (Phi) is 5.56. The third-order valence-electron chi connectivity index (χ3n) is 2.12. The Morgan fingerprint density at radius 1 is 1.42 bits per heavy atom. The second-order valence-corrected chi connectivity index (χ2v) is 5.04. The Morgan fingerprint density at radius 2 is 2.16 bits per heavy atom. The Bertz CT molecular complexity index is 493. The number of nitrogens with one attached hydrogen (secondary N) is 1. The molecule has 1 aromatic rings. The molecule has 102 valence electrons. The van der Waals surface area contributed by atoms with Crippen molar-refractivity contribution in [3.63, 3.8) is 0 Å². The molecule has 0 spiro atoms. The maximum absolute atomic E-state index is 11.7. The molecule has 0 saturated heterocycles. The Morgan fingerprint density at radius 3 is 2.79 bits per heavy atom. The molecular weight excluding hydrogens is 240 g/mol. The van der Waals surface area contributed by atoms with E-state index in [1.54, 1.807) is 6.07 Å². The molecule has 1 aromatic carbocycles. The zero-order valence-electron chi connectivity index (χ0n) is 11.6. The van der Waals surface area contributed by atoms with Gasteiger partial charge in [0.2, 0.25) is 5.91 Å². The van der Waals surface area contributed by atoms with Gasteiger partial charge >= 0.3 is 0 Å². The van der Waals surface area contributed by atoms with E-state index in [1.807, 2.05) is 39.0 Å². The predicted octanol–water partition coefficient (Wildman–Crippen LogP) is 1.75. The molecule has 0 aliphatic heterocycles. The highest BCUT2D eigenvalue weighted by molar-refractivity contribution is 5.91. The summed E-state index contributed by atoms with van der Waals surface area (Å²) in [5, 5.41) is 2.77. The van der Waals surface area contributed by atoms with E-state index in [1.165, 1.54) is 0 Å². The highest BCUT2D eigenvalue weighted by Gasteiger charge is 2.12. The number of amides is 1. The summed E-state index contributed by atoms with van der Waals surface area (Å²) in [6.07, 6.45) is 0. The molecule has 0 saturated carbocycles. The number of ether oxygens (including phenoxy) is 1. The fourth-order valence-corrected chi connectivity index (χ4v) is 1.31. The molecule has 0 heterocycles. The lowest BCUT2D eigenvalue weighted by Gasteiger charge is -2.19. The molecule has 0 bridgehead atoms. The molecule has 1 amide bonds. The molecule has 0 unspecified atom stereocenters. The fraction of sp³-hybridized carbons (Fsp3) is 0.400. The maximum Gasteiger partial charge on any atom is 0.250 e. The van der Waals surface area contributed by atoms with E-state index >= 15 is 0 Å². The third kappa shape index (κ3) is 6.61. The van der Waals surface area contributed by atoms with Gasteiger partial charge in [-0.3, -0.25) is 4.79 Å². The van der Waals surface area contributed by atoms with Crippen LogP contribution in [0.5, 0.6) is 0 Å². The molecule has 4 nitrogen and oxygen atoms in total. The van der Waals surface area contributed by atoms with Crippen molar-refractivity contribution in [1.29, 1.82) is 0 Å². The van der Waals surface area contributed by atoms with Gasteiger partial charge in [-0.15, -0.1) is 0 Å². The smallest absolute Gasteiger partial charge is 0.250 e. The number of carbonyl (C=O) groups is 1. The van der Waals surface area contributed by atoms with Gasteiger partial charge in [0.1, 0.15) is 6.61 Å². The Hall–Kier alpha value is -1.83. The highest BCUT2D eigenvalue weighted by Crippen LogP contribution is 2.11. The van der Waals surface area contributed by atoms with Gasteiger partial charge in [-0.1, -0.05) is 17.9 Å². The molecule has 0 aromatic heterocycles. The van der Waals surface area contributed by atoms with Gasteiger partial charge in [-0.25, -0.2) is 0 Å². The first kappa shape index (κ1) is 15.2. The summed E-state index contributed by atoms with van der Waals surface area (Å²) in [6.45, 7) is 6.06. The van der Waals surface area contributed by atoms with E-state index in [0.717, 1.165) is 5.56 Å². The zero-order chi connectivity index (χ0) is 14.3. The van der Waals surface area contributed by atoms with Gasteiger partial charge in [0.15, 0.2) is 0 Å². The van der Waals surface area contributed by atoms with E-state index in [9.17, 15) is 4.79 Å². The van der Waals surface area contributed by atoms with Crippen molar-refractivity contribution in [2.75, 3.05) is 18.5 Å². The van der Waals surface area contributed by atoms with E-state index in [4.69, 9.17) is 10.5 Å². The van der Waals surface area contributed by atoms with Crippen molar-refractivity contribution in [3.8, 4) is 11.8 Å². The van der Waals surface area contributed by atoms with Crippen LogP contribution in [0.2, 0.25) is 0 Å². The first-order chi connectivity index (χ1) is 8.90. The summed E-state index contributed by atoms with van der Waals surface area (Å²) >= 11 is 0. The zero-order valence-corrected chi connectivity index (χ0v) is 11.6. The molecule has 0 aliphatic rings. The summed E-state index contributed by atoms with van der Waals surface area (Å²) in [5.74, 6) is 5.51. The van der Waals surface area contributed by atoms with Crippen molar-refractivity contribution < 1.29 is 9.53 Å². The number of carbonyl (C=O) groups excluding carboxylic acids is 1. The van der Waals surface area contributed by atoms with Gasteiger partial charge in [-0.05, 0) is 39.0 Å². The summed E-state index contributed by atoms with van der Waals surface area (Å²) in [6, 6.07) is 7.31. The summed E-state index contributed by atoms with van der Waals surface area (Å²) in [5.41, 5.74) is 6.51.